The van der Waals surface area contributed by atoms with Crippen LogP contribution in [0, 0.1) is 11.8 Å². The third-order valence-corrected chi connectivity index (χ3v) is 6.65. The summed E-state index contributed by atoms with van der Waals surface area (Å²) in [5, 5.41) is 0. The predicted molar refractivity (Wildman–Crippen MR) is 91.2 cm³/mol. The molecule has 2 heterocycles. The van der Waals surface area contributed by atoms with Gasteiger partial charge in [0.25, 0.3) is 5.91 Å². The van der Waals surface area contributed by atoms with Gasteiger partial charge in [0, 0.05) is 18.7 Å². The van der Waals surface area contributed by atoms with E-state index in [0.717, 1.165) is 30.2 Å². The Bertz CT molecular complexity index is 749. The molecule has 24 heavy (non-hydrogen) atoms. The zero-order chi connectivity index (χ0) is 17.5. The largest absolute Gasteiger partial charge is 0.339 e. The first kappa shape index (κ1) is 17.0. The van der Waals surface area contributed by atoms with Crippen LogP contribution in [0.25, 0.3) is 0 Å². The average molecular weight is 350 g/mol. The molecule has 0 N–H and O–H groups in total. The molecule has 0 spiro atoms. The highest BCUT2D eigenvalue weighted by molar-refractivity contribution is 7.94. The van der Waals surface area contributed by atoms with E-state index in [4.69, 9.17) is 0 Å². The van der Waals surface area contributed by atoms with E-state index >= 15 is 0 Å². The Labute approximate surface area is 142 Å². The van der Waals surface area contributed by atoms with Crippen LogP contribution in [0.1, 0.15) is 37.0 Å². The van der Waals surface area contributed by atoms with Gasteiger partial charge in [0.2, 0.25) is 15.9 Å². The minimum Gasteiger partial charge on any atom is -0.339 e. The summed E-state index contributed by atoms with van der Waals surface area (Å²) in [6, 6.07) is 6.27. The molecular formula is C17H22N2O4S. The molecule has 1 atom stereocenters. The van der Waals surface area contributed by atoms with Gasteiger partial charge in [-0.2, -0.15) is 0 Å². The summed E-state index contributed by atoms with van der Waals surface area (Å²) in [6.45, 7) is 5.29. The molecule has 0 radical (unpaired) electrons. The Hall–Kier alpha value is -1.89. The zero-order valence-electron chi connectivity index (χ0n) is 13.9. The van der Waals surface area contributed by atoms with Crippen LogP contribution in [0.15, 0.2) is 24.3 Å². The van der Waals surface area contributed by atoms with Crippen LogP contribution in [-0.4, -0.2) is 44.0 Å². The highest BCUT2D eigenvalue weighted by atomic mass is 32.2. The number of likely N-dealkylation sites (tertiary alicyclic amines) is 1. The molecule has 2 amide bonds. The number of sulfonamides is 1. The third-order valence-electron chi connectivity index (χ3n) is 4.78. The van der Waals surface area contributed by atoms with Gasteiger partial charge in [0.15, 0.2) is 0 Å². The van der Waals surface area contributed by atoms with Gasteiger partial charge in [-0.1, -0.05) is 13.8 Å². The molecule has 0 unspecified atom stereocenters. The molecule has 0 bridgehead atoms. The van der Waals surface area contributed by atoms with Gasteiger partial charge < -0.3 is 4.90 Å². The number of benzene rings is 1. The first-order valence-electron chi connectivity index (χ1n) is 8.26. The van der Waals surface area contributed by atoms with Crippen molar-refractivity contribution in [2.45, 2.75) is 26.7 Å². The van der Waals surface area contributed by atoms with E-state index in [0.29, 0.717) is 17.2 Å². The molecule has 2 fully saturated rings. The summed E-state index contributed by atoms with van der Waals surface area (Å²) in [4.78, 5) is 26.4. The van der Waals surface area contributed by atoms with Crippen molar-refractivity contribution in [3.63, 3.8) is 0 Å². The average Bonchev–Trinajstić information content (AvgIpc) is 2.75. The molecule has 130 valence electrons. The van der Waals surface area contributed by atoms with Crippen molar-refractivity contribution in [3.8, 4) is 0 Å². The third kappa shape index (κ3) is 3.05. The molecule has 1 aromatic carbocycles. The van der Waals surface area contributed by atoms with Crippen LogP contribution < -0.4 is 4.31 Å². The SMILES string of the molecule is CC1CCN(C(=O)c2ccc(N3C(=O)[C@@H](C)CS3(=O)=O)cc2)CC1. The van der Waals surface area contributed by atoms with Crippen LogP contribution in [0.2, 0.25) is 0 Å². The molecule has 0 aromatic heterocycles. The van der Waals surface area contributed by atoms with Crippen molar-refractivity contribution in [3.05, 3.63) is 29.8 Å². The second kappa shape index (κ2) is 6.20. The molecule has 3 rings (SSSR count). The maximum atomic E-state index is 12.5. The number of anilines is 1. The number of hydrogen-bond acceptors (Lipinski definition) is 4. The lowest BCUT2D eigenvalue weighted by atomic mass is 9.98. The molecule has 1 aromatic rings. The summed E-state index contributed by atoms with van der Waals surface area (Å²) < 4.78 is 25.1. The minimum absolute atomic E-state index is 0.0441. The van der Waals surface area contributed by atoms with E-state index in [2.05, 4.69) is 6.92 Å². The second-order valence-electron chi connectivity index (χ2n) is 6.80. The maximum Gasteiger partial charge on any atom is 0.253 e. The Morgan fingerprint density at radius 3 is 2.17 bits per heavy atom. The van der Waals surface area contributed by atoms with Crippen molar-refractivity contribution in [2.75, 3.05) is 23.1 Å². The van der Waals surface area contributed by atoms with Crippen molar-refractivity contribution in [2.24, 2.45) is 11.8 Å². The van der Waals surface area contributed by atoms with Crippen LogP contribution in [0.5, 0.6) is 0 Å². The minimum atomic E-state index is -3.61. The summed E-state index contributed by atoms with van der Waals surface area (Å²) in [5.41, 5.74) is 0.818. The van der Waals surface area contributed by atoms with Gasteiger partial charge in [-0.15, -0.1) is 0 Å². The summed E-state index contributed by atoms with van der Waals surface area (Å²) in [6.07, 6.45) is 2.00. The fourth-order valence-corrected chi connectivity index (χ4v) is 5.04. The van der Waals surface area contributed by atoms with Crippen LogP contribution in [0.4, 0.5) is 5.69 Å². The van der Waals surface area contributed by atoms with Crippen LogP contribution in [0.3, 0.4) is 0 Å². The summed E-state index contributed by atoms with van der Waals surface area (Å²) in [5.74, 6) is -0.522. The van der Waals surface area contributed by atoms with Crippen molar-refractivity contribution in [1.29, 1.82) is 0 Å². The molecule has 6 nitrogen and oxygen atoms in total. The standard InChI is InChI=1S/C17H22N2O4S/c1-12-7-9-18(10-8-12)17(21)14-3-5-15(6-4-14)19-16(20)13(2)11-24(19,22)23/h3-6,12-13H,7-11H2,1-2H3/t13-/m0/s1. The predicted octanol–water partition coefficient (Wildman–Crippen LogP) is 1.87. The fraction of sp³-hybridized carbons (Fsp3) is 0.529. The second-order valence-corrected chi connectivity index (χ2v) is 8.67. The van der Waals surface area contributed by atoms with Gasteiger partial charge in [0.1, 0.15) is 0 Å². The molecule has 2 aliphatic rings. The Kier molecular flexibility index (Phi) is 4.38. The van der Waals surface area contributed by atoms with E-state index in [9.17, 15) is 18.0 Å². The molecule has 0 saturated carbocycles. The summed E-state index contributed by atoms with van der Waals surface area (Å²) >= 11 is 0. The first-order valence-corrected chi connectivity index (χ1v) is 9.86. The zero-order valence-corrected chi connectivity index (χ0v) is 14.8. The highest BCUT2D eigenvalue weighted by Gasteiger charge is 2.41. The van der Waals surface area contributed by atoms with Gasteiger partial charge >= 0.3 is 0 Å². The van der Waals surface area contributed by atoms with Crippen LogP contribution in [-0.2, 0) is 14.8 Å². The van der Waals surface area contributed by atoms with Gasteiger partial charge in [-0.05, 0) is 43.0 Å². The number of piperidine rings is 1. The Balaban J connectivity index is 1.79. The number of amides is 2. The van der Waals surface area contributed by atoms with E-state index < -0.39 is 21.8 Å². The van der Waals surface area contributed by atoms with Gasteiger partial charge in [0.05, 0.1) is 17.4 Å². The van der Waals surface area contributed by atoms with Crippen molar-refractivity contribution >= 4 is 27.5 Å². The summed E-state index contributed by atoms with van der Waals surface area (Å²) in [7, 11) is -3.61. The first-order chi connectivity index (χ1) is 11.3. The quantitative estimate of drug-likeness (QED) is 0.816. The monoisotopic (exact) mass is 350 g/mol. The number of rotatable bonds is 2. The Morgan fingerprint density at radius 2 is 1.67 bits per heavy atom. The smallest absolute Gasteiger partial charge is 0.253 e. The molecule has 2 saturated heterocycles. The maximum absolute atomic E-state index is 12.5. The number of carbonyl (C=O) groups is 2. The van der Waals surface area contributed by atoms with Crippen LogP contribution >= 0.6 is 0 Å². The molecule has 0 aliphatic carbocycles. The lowest BCUT2D eigenvalue weighted by molar-refractivity contribution is -0.119. The molecule has 2 aliphatic heterocycles. The Morgan fingerprint density at radius 1 is 1.08 bits per heavy atom. The van der Waals surface area contributed by atoms with Crippen molar-refractivity contribution < 1.29 is 18.0 Å². The number of hydrogen-bond donors (Lipinski definition) is 0. The van der Waals surface area contributed by atoms with E-state index in [-0.39, 0.29) is 11.7 Å². The van der Waals surface area contributed by atoms with Gasteiger partial charge in [-0.25, -0.2) is 12.7 Å². The van der Waals surface area contributed by atoms with Crippen molar-refractivity contribution in [1.82, 2.24) is 4.90 Å². The molecule has 7 heteroatoms. The van der Waals surface area contributed by atoms with E-state index in [1.54, 1.807) is 19.1 Å². The topological polar surface area (TPSA) is 74.8 Å². The van der Waals surface area contributed by atoms with E-state index in [1.807, 2.05) is 4.90 Å². The van der Waals surface area contributed by atoms with Gasteiger partial charge in [-0.3, -0.25) is 9.59 Å². The normalized spacial score (nSPS) is 24.4. The lowest BCUT2D eigenvalue weighted by Crippen LogP contribution is -2.38. The lowest BCUT2D eigenvalue weighted by Gasteiger charge is -2.30. The fourth-order valence-electron chi connectivity index (χ4n) is 3.22. The number of nitrogens with zero attached hydrogens (tertiary/aromatic N) is 2. The van der Waals surface area contributed by atoms with E-state index in [1.165, 1.54) is 12.1 Å². The molecular weight excluding hydrogens is 328 g/mol. The highest BCUT2D eigenvalue weighted by Crippen LogP contribution is 2.28. The number of carbonyl (C=O) groups excluding carboxylic acids is 2.